The quantitative estimate of drug-likeness (QED) is 0.816. The Morgan fingerprint density at radius 3 is 2.50 bits per heavy atom. The Labute approximate surface area is 126 Å². The van der Waals surface area contributed by atoms with Crippen LogP contribution in [0.15, 0.2) is 0 Å². The average molecular weight is 298 g/mol. The lowest BCUT2D eigenvalue weighted by Crippen LogP contribution is -2.48. The minimum atomic E-state index is -0.384. The van der Waals surface area contributed by atoms with Gasteiger partial charge in [-0.15, -0.1) is 0 Å². The summed E-state index contributed by atoms with van der Waals surface area (Å²) in [5.41, 5.74) is 0. The van der Waals surface area contributed by atoms with Gasteiger partial charge in [0.1, 0.15) is 6.04 Å². The molecule has 5 heteroatoms. The van der Waals surface area contributed by atoms with Crippen LogP contribution >= 0.6 is 11.8 Å². The Morgan fingerprint density at radius 2 is 1.90 bits per heavy atom. The van der Waals surface area contributed by atoms with Crippen LogP contribution in [0.1, 0.15) is 45.4 Å². The SMILES string of the molecule is CC(NC(=O)CSCC1CCC1)C(=O)N1CCCCC1. The highest BCUT2D eigenvalue weighted by molar-refractivity contribution is 7.99. The molecular formula is C15H26N2O2S. The topological polar surface area (TPSA) is 49.4 Å². The molecule has 2 amide bonds. The standard InChI is InChI=1S/C15H26N2O2S/c1-12(15(19)17-8-3-2-4-9-17)16-14(18)11-20-10-13-6-5-7-13/h12-13H,2-11H2,1H3,(H,16,18). The number of nitrogens with zero attached hydrogens (tertiary/aromatic N) is 1. The fourth-order valence-electron chi connectivity index (χ4n) is 2.71. The van der Waals surface area contributed by atoms with E-state index in [1.807, 2.05) is 4.90 Å². The highest BCUT2D eigenvalue weighted by Crippen LogP contribution is 2.29. The summed E-state index contributed by atoms with van der Waals surface area (Å²) in [5.74, 6) is 2.45. The number of carbonyl (C=O) groups is 2. The van der Waals surface area contributed by atoms with E-state index in [0.29, 0.717) is 5.75 Å². The van der Waals surface area contributed by atoms with Crippen molar-refractivity contribution < 1.29 is 9.59 Å². The van der Waals surface area contributed by atoms with Crippen molar-refractivity contribution in [2.75, 3.05) is 24.6 Å². The Kier molecular flexibility index (Phi) is 6.20. The van der Waals surface area contributed by atoms with Crippen LogP contribution in [-0.2, 0) is 9.59 Å². The third-order valence-corrected chi connectivity index (χ3v) is 5.40. The molecule has 1 aliphatic heterocycles. The molecule has 114 valence electrons. The second-order valence-corrected chi connectivity index (χ2v) is 7.02. The molecule has 1 saturated carbocycles. The van der Waals surface area contributed by atoms with Gasteiger partial charge in [-0.25, -0.2) is 0 Å². The molecule has 1 N–H and O–H groups in total. The van der Waals surface area contributed by atoms with Crippen molar-refractivity contribution in [1.82, 2.24) is 10.2 Å². The van der Waals surface area contributed by atoms with Crippen molar-refractivity contribution in [3.8, 4) is 0 Å². The fourth-order valence-corrected chi connectivity index (χ4v) is 3.76. The predicted octanol–water partition coefficient (Wildman–Crippen LogP) is 2.04. The van der Waals surface area contributed by atoms with Gasteiger partial charge in [-0.1, -0.05) is 6.42 Å². The minimum absolute atomic E-state index is 0.00724. The molecule has 2 aliphatic rings. The first-order chi connectivity index (χ1) is 9.66. The molecule has 4 nitrogen and oxygen atoms in total. The average Bonchev–Trinajstić information content (AvgIpc) is 2.41. The van der Waals surface area contributed by atoms with Crippen molar-refractivity contribution in [3.63, 3.8) is 0 Å². The summed E-state index contributed by atoms with van der Waals surface area (Å²) in [7, 11) is 0. The summed E-state index contributed by atoms with van der Waals surface area (Å²) >= 11 is 1.70. The lowest BCUT2D eigenvalue weighted by molar-refractivity contribution is -0.136. The maximum Gasteiger partial charge on any atom is 0.244 e. The van der Waals surface area contributed by atoms with Crippen molar-refractivity contribution in [2.45, 2.75) is 51.5 Å². The third kappa shape index (κ3) is 4.69. The summed E-state index contributed by atoms with van der Waals surface area (Å²) in [5, 5.41) is 2.84. The smallest absolute Gasteiger partial charge is 0.244 e. The van der Waals surface area contributed by atoms with E-state index in [1.54, 1.807) is 18.7 Å². The molecule has 1 heterocycles. The lowest BCUT2D eigenvalue weighted by Gasteiger charge is -2.29. The molecule has 1 aliphatic carbocycles. The van der Waals surface area contributed by atoms with Gasteiger partial charge in [0.15, 0.2) is 0 Å². The number of thioether (sulfide) groups is 1. The molecule has 2 fully saturated rings. The van der Waals surface area contributed by atoms with Crippen LogP contribution in [0.5, 0.6) is 0 Å². The van der Waals surface area contributed by atoms with Gasteiger partial charge in [-0.2, -0.15) is 11.8 Å². The Hall–Kier alpha value is -0.710. The zero-order chi connectivity index (χ0) is 14.4. The van der Waals surface area contributed by atoms with E-state index in [2.05, 4.69) is 5.32 Å². The highest BCUT2D eigenvalue weighted by atomic mass is 32.2. The maximum absolute atomic E-state index is 12.2. The summed E-state index contributed by atoms with van der Waals surface area (Å²) in [6.07, 6.45) is 7.37. The van der Waals surface area contributed by atoms with E-state index in [-0.39, 0.29) is 17.9 Å². The zero-order valence-corrected chi connectivity index (χ0v) is 13.2. The molecule has 20 heavy (non-hydrogen) atoms. The molecule has 0 radical (unpaired) electrons. The molecule has 0 aromatic rings. The first-order valence-electron chi connectivity index (χ1n) is 7.82. The van der Waals surface area contributed by atoms with Crippen LogP contribution < -0.4 is 5.32 Å². The largest absolute Gasteiger partial charge is 0.344 e. The first-order valence-corrected chi connectivity index (χ1v) is 8.98. The summed E-state index contributed by atoms with van der Waals surface area (Å²) in [6, 6.07) is -0.384. The number of hydrogen-bond donors (Lipinski definition) is 1. The molecule has 1 unspecified atom stereocenters. The van der Waals surface area contributed by atoms with E-state index in [1.165, 1.54) is 25.7 Å². The number of hydrogen-bond acceptors (Lipinski definition) is 3. The van der Waals surface area contributed by atoms with Gasteiger partial charge in [0.25, 0.3) is 0 Å². The lowest BCUT2D eigenvalue weighted by atomic mass is 9.87. The first kappa shape index (κ1) is 15.7. The molecular weight excluding hydrogens is 272 g/mol. The predicted molar refractivity (Wildman–Crippen MR) is 82.7 cm³/mol. The molecule has 0 aromatic heterocycles. The van der Waals surface area contributed by atoms with E-state index < -0.39 is 0 Å². The van der Waals surface area contributed by atoms with Crippen molar-refractivity contribution >= 4 is 23.6 Å². The Bertz CT molecular complexity index is 339. The maximum atomic E-state index is 12.2. The van der Waals surface area contributed by atoms with E-state index in [9.17, 15) is 9.59 Å². The van der Waals surface area contributed by atoms with Gasteiger partial charge < -0.3 is 10.2 Å². The fraction of sp³-hybridized carbons (Fsp3) is 0.867. The number of rotatable bonds is 6. The molecule has 1 atom stereocenters. The number of likely N-dealkylation sites (tertiary alicyclic amines) is 1. The number of piperidine rings is 1. The number of carbonyl (C=O) groups excluding carboxylic acids is 2. The highest BCUT2D eigenvalue weighted by Gasteiger charge is 2.23. The van der Waals surface area contributed by atoms with Gasteiger partial charge in [0.2, 0.25) is 11.8 Å². The van der Waals surface area contributed by atoms with Crippen LogP contribution in [0.4, 0.5) is 0 Å². The van der Waals surface area contributed by atoms with Crippen LogP contribution in [0.2, 0.25) is 0 Å². The van der Waals surface area contributed by atoms with Crippen molar-refractivity contribution in [1.29, 1.82) is 0 Å². The van der Waals surface area contributed by atoms with Crippen LogP contribution in [0, 0.1) is 5.92 Å². The summed E-state index contributed by atoms with van der Waals surface area (Å²) in [4.78, 5) is 25.9. The van der Waals surface area contributed by atoms with Gasteiger partial charge >= 0.3 is 0 Å². The number of amides is 2. The minimum Gasteiger partial charge on any atom is -0.344 e. The van der Waals surface area contributed by atoms with Gasteiger partial charge in [-0.05, 0) is 50.7 Å². The van der Waals surface area contributed by atoms with Crippen LogP contribution in [-0.4, -0.2) is 47.4 Å². The van der Waals surface area contributed by atoms with Gasteiger partial charge in [0, 0.05) is 13.1 Å². The van der Waals surface area contributed by atoms with Crippen molar-refractivity contribution in [3.05, 3.63) is 0 Å². The Balaban J connectivity index is 1.62. The number of nitrogens with one attached hydrogen (secondary N) is 1. The second-order valence-electron chi connectivity index (χ2n) is 5.99. The second kappa shape index (κ2) is 7.91. The monoisotopic (exact) mass is 298 g/mol. The zero-order valence-electron chi connectivity index (χ0n) is 12.4. The van der Waals surface area contributed by atoms with Crippen LogP contribution in [0.3, 0.4) is 0 Å². The molecule has 0 spiro atoms. The molecule has 0 aromatic carbocycles. The van der Waals surface area contributed by atoms with Crippen LogP contribution in [0.25, 0.3) is 0 Å². The molecule has 2 rings (SSSR count). The Morgan fingerprint density at radius 1 is 1.20 bits per heavy atom. The van der Waals surface area contributed by atoms with Crippen molar-refractivity contribution in [2.24, 2.45) is 5.92 Å². The van der Waals surface area contributed by atoms with E-state index in [4.69, 9.17) is 0 Å². The van der Waals surface area contributed by atoms with E-state index >= 15 is 0 Å². The normalized spacial score (nSPS) is 21.1. The molecule has 1 saturated heterocycles. The summed E-state index contributed by atoms with van der Waals surface area (Å²) < 4.78 is 0. The summed E-state index contributed by atoms with van der Waals surface area (Å²) in [6.45, 7) is 3.48. The third-order valence-electron chi connectivity index (χ3n) is 4.23. The van der Waals surface area contributed by atoms with E-state index in [0.717, 1.165) is 37.6 Å². The van der Waals surface area contributed by atoms with Gasteiger partial charge in [0.05, 0.1) is 5.75 Å². The van der Waals surface area contributed by atoms with Gasteiger partial charge in [-0.3, -0.25) is 9.59 Å². The molecule has 0 bridgehead atoms.